The maximum atomic E-state index is 10.4. The first kappa shape index (κ1) is 18.1. The van der Waals surface area contributed by atoms with Crippen LogP contribution in [0.15, 0.2) is 48.5 Å². The summed E-state index contributed by atoms with van der Waals surface area (Å²) in [6.07, 6.45) is 5.34. The topological polar surface area (TPSA) is 58.0 Å². The van der Waals surface area contributed by atoms with Crippen LogP contribution in [-0.4, -0.2) is 15.1 Å². The summed E-state index contributed by atoms with van der Waals surface area (Å²) in [4.78, 5) is 12.3. The highest BCUT2D eigenvalue weighted by Crippen LogP contribution is 2.40. The van der Waals surface area contributed by atoms with Crippen molar-refractivity contribution in [3.05, 3.63) is 75.9 Å². The molecule has 0 fully saturated rings. The number of aromatic hydroxyl groups is 1. The minimum atomic E-state index is 0.232. The Morgan fingerprint density at radius 2 is 1.86 bits per heavy atom. The van der Waals surface area contributed by atoms with Crippen molar-refractivity contribution in [2.75, 3.05) is 5.32 Å². The Labute approximate surface area is 174 Å². The minimum absolute atomic E-state index is 0.232. The Hall–Kier alpha value is -2.92. The summed E-state index contributed by atoms with van der Waals surface area (Å²) < 4.78 is 0. The van der Waals surface area contributed by atoms with Gasteiger partial charge in [-0.3, -0.25) is 0 Å². The Morgan fingerprint density at radius 3 is 2.72 bits per heavy atom. The highest BCUT2D eigenvalue weighted by atomic mass is 32.1. The fraction of sp³-hybridized carbons (Fsp3) is 0.250. The number of rotatable bonds is 4. The van der Waals surface area contributed by atoms with Gasteiger partial charge in [0.25, 0.3) is 0 Å². The fourth-order valence-corrected chi connectivity index (χ4v) is 5.31. The lowest BCUT2D eigenvalue weighted by molar-refractivity contribution is 0.477. The maximum Gasteiger partial charge on any atom is 0.143 e. The van der Waals surface area contributed by atoms with E-state index in [4.69, 9.17) is 9.97 Å². The molecule has 2 heterocycles. The highest BCUT2D eigenvalue weighted by molar-refractivity contribution is 7.19. The molecule has 146 valence electrons. The molecule has 4 nitrogen and oxygen atoms in total. The molecule has 2 aromatic heterocycles. The smallest absolute Gasteiger partial charge is 0.143 e. The number of nitrogens with one attached hydrogen (secondary N) is 1. The van der Waals surface area contributed by atoms with Gasteiger partial charge in [0.2, 0.25) is 0 Å². The number of benzene rings is 2. The van der Waals surface area contributed by atoms with E-state index in [1.165, 1.54) is 28.8 Å². The predicted molar refractivity (Wildman–Crippen MR) is 119 cm³/mol. The molecule has 29 heavy (non-hydrogen) atoms. The number of anilines is 2. The van der Waals surface area contributed by atoms with Crippen molar-refractivity contribution in [1.82, 2.24) is 9.97 Å². The molecule has 0 saturated heterocycles. The largest absolute Gasteiger partial charge is 0.506 e. The second-order valence-electron chi connectivity index (χ2n) is 7.69. The zero-order chi connectivity index (χ0) is 19.8. The van der Waals surface area contributed by atoms with Crippen molar-refractivity contribution in [3.63, 3.8) is 0 Å². The van der Waals surface area contributed by atoms with Crippen molar-refractivity contribution < 1.29 is 5.11 Å². The van der Waals surface area contributed by atoms with Gasteiger partial charge in [0, 0.05) is 11.3 Å². The summed E-state index contributed by atoms with van der Waals surface area (Å²) in [5, 5.41) is 14.9. The second kappa shape index (κ2) is 7.48. The second-order valence-corrected chi connectivity index (χ2v) is 8.77. The molecule has 5 heteroatoms. The van der Waals surface area contributed by atoms with Crippen molar-refractivity contribution >= 4 is 33.1 Å². The van der Waals surface area contributed by atoms with E-state index < -0.39 is 0 Å². The molecule has 0 aliphatic heterocycles. The lowest BCUT2D eigenvalue weighted by Crippen LogP contribution is -2.04. The van der Waals surface area contributed by atoms with Crippen LogP contribution in [0, 0.1) is 6.92 Å². The first-order valence-electron chi connectivity index (χ1n) is 10.1. The first-order chi connectivity index (χ1) is 14.2. The molecule has 1 aliphatic carbocycles. The number of hydrogen-bond donors (Lipinski definition) is 2. The fourth-order valence-electron chi connectivity index (χ4n) is 4.03. The van der Waals surface area contributed by atoms with Crippen LogP contribution in [0.1, 0.15) is 40.2 Å². The van der Waals surface area contributed by atoms with Gasteiger partial charge in [-0.1, -0.05) is 36.4 Å². The summed E-state index contributed by atoms with van der Waals surface area (Å²) >= 11 is 1.80. The third-order valence-corrected chi connectivity index (χ3v) is 6.66. The van der Waals surface area contributed by atoms with Gasteiger partial charge in [0.15, 0.2) is 0 Å². The SMILES string of the molecule is Cc1ccc(O)c(Nc2nc(Cc3ccccc3)nc3sc4c(c23)CCCC4)c1. The van der Waals surface area contributed by atoms with Crippen LogP contribution in [0.2, 0.25) is 0 Å². The van der Waals surface area contributed by atoms with Gasteiger partial charge in [0.05, 0.1) is 11.1 Å². The normalized spacial score (nSPS) is 13.4. The average Bonchev–Trinajstić information content (AvgIpc) is 3.10. The summed E-state index contributed by atoms with van der Waals surface area (Å²) in [5.41, 5.74) is 4.36. The molecular weight excluding hydrogens is 378 g/mol. The highest BCUT2D eigenvalue weighted by Gasteiger charge is 2.22. The van der Waals surface area contributed by atoms with Crippen LogP contribution in [-0.2, 0) is 19.3 Å². The number of phenols is 1. The third kappa shape index (κ3) is 3.58. The molecule has 0 bridgehead atoms. The van der Waals surface area contributed by atoms with Gasteiger partial charge in [0.1, 0.15) is 22.2 Å². The molecule has 0 amide bonds. The zero-order valence-corrected chi connectivity index (χ0v) is 17.2. The third-order valence-electron chi connectivity index (χ3n) is 5.47. The molecule has 2 aromatic carbocycles. The number of fused-ring (bicyclic) bond motifs is 3. The molecule has 0 spiro atoms. The number of aryl methyl sites for hydroxylation is 3. The van der Waals surface area contributed by atoms with Gasteiger partial charge in [-0.25, -0.2) is 9.97 Å². The zero-order valence-electron chi connectivity index (χ0n) is 16.4. The standard InChI is InChI=1S/C24H23N3OS/c1-15-11-12-19(28)18(13-15)25-23-22-17-9-5-6-10-20(17)29-24(22)27-21(26-23)14-16-7-3-2-4-8-16/h2-4,7-8,11-13,28H,5-6,9-10,14H2,1H3,(H,25,26,27). The lowest BCUT2D eigenvalue weighted by atomic mass is 9.97. The van der Waals surface area contributed by atoms with Crippen molar-refractivity contribution in [2.24, 2.45) is 0 Å². The quantitative estimate of drug-likeness (QED) is 0.417. The monoisotopic (exact) mass is 401 g/mol. The molecule has 0 unspecified atom stereocenters. The maximum absolute atomic E-state index is 10.4. The molecule has 5 rings (SSSR count). The van der Waals surface area contributed by atoms with Crippen molar-refractivity contribution in [1.29, 1.82) is 0 Å². The van der Waals surface area contributed by atoms with Gasteiger partial charge in [-0.15, -0.1) is 11.3 Å². The van der Waals surface area contributed by atoms with E-state index in [-0.39, 0.29) is 5.75 Å². The molecule has 0 atom stereocenters. The summed E-state index contributed by atoms with van der Waals surface area (Å²) in [6, 6.07) is 15.9. The number of hydrogen-bond acceptors (Lipinski definition) is 5. The van der Waals surface area contributed by atoms with Gasteiger partial charge in [-0.05, 0) is 61.4 Å². The van der Waals surface area contributed by atoms with Crippen molar-refractivity contribution in [3.8, 4) is 5.75 Å². The van der Waals surface area contributed by atoms with E-state index in [0.29, 0.717) is 12.1 Å². The van der Waals surface area contributed by atoms with Crippen LogP contribution < -0.4 is 5.32 Å². The van der Waals surface area contributed by atoms with Crippen LogP contribution >= 0.6 is 11.3 Å². The molecule has 0 saturated carbocycles. The van der Waals surface area contributed by atoms with Crippen LogP contribution in [0.5, 0.6) is 5.75 Å². The van der Waals surface area contributed by atoms with E-state index in [9.17, 15) is 5.11 Å². The molecule has 0 radical (unpaired) electrons. The van der Waals surface area contributed by atoms with Gasteiger partial charge in [-0.2, -0.15) is 0 Å². The van der Waals surface area contributed by atoms with E-state index in [1.807, 2.05) is 37.3 Å². The summed E-state index contributed by atoms with van der Waals surface area (Å²) in [7, 11) is 0. The van der Waals surface area contributed by atoms with E-state index in [0.717, 1.165) is 40.3 Å². The van der Waals surface area contributed by atoms with Crippen LogP contribution in [0.3, 0.4) is 0 Å². The summed E-state index contributed by atoms with van der Waals surface area (Å²) in [5.74, 6) is 1.84. The molecule has 4 aromatic rings. The number of nitrogens with zero attached hydrogens (tertiary/aromatic N) is 2. The van der Waals surface area contributed by atoms with Crippen LogP contribution in [0.25, 0.3) is 10.2 Å². The van der Waals surface area contributed by atoms with Gasteiger partial charge >= 0.3 is 0 Å². The lowest BCUT2D eigenvalue weighted by Gasteiger charge is -2.14. The predicted octanol–water partition coefficient (Wildman–Crippen LogP) is 5.92. The molecule has 2 N–H and O–H groups in total. The van der Waals surface area contributed by atoms with E-state index in [2.05, 4.69) is 17.4 Å². The Morgan fingerprint density at radius 1 is 1.03 bits per heavy atom. The first-order valence-corrected chi connectivity index (χ1v) is 10.9. The van der Waals surface area contributed by atoms with Crippen molar-refractivity contribution in [2.45, 2.75) is 39.0 Å². The Bertz CT molecular complexity index is 1180. The van der Waals surface area contributed by atoms with E-state index in [1.54, 1.807) is 17.4 Å². The van der Waals surface area contributed by atoms with E-state index >= 15 is 0 Å². The number of aromatic nitrogens is 2. The molecule has 1 aliphatic rings. The van der Waals surface area contributed by atoms with Crippen LogP contribution in [0.4, 0.5) is 11.5 Å². The average molecular weight is 402 g/mol. The Kier molecular flexibility index (Phi) is 4.68. The summed E-state index contributed by atoms with van der Waals surface area (Å²) in [6.45, 7) is 2.02. The minimum Gasteiger partial charge on any atom is -0.506 e. The number of thiophene rings is 1. The Balaban J connectivity index is 1.64. The van der Waals surface area contributed by atoms with Gasteiger partial charge < -0.3 is 10.4 Å². The molecular formula is C24H23N3OS. The number of phenolic OH excluding ortho intramolecular Hbond substituents is 1.